The summed E-state index contributed by atoms with van der Waals surface area (Å²) in [5, 5.41) is 7.10. The summed E-state index contributed by atoms with van der Waals surface area (Å²) in [6.07, 6.45) is -4.65. The highest BCUT2D eigenvalue weighted by molar-refractivity contribution is 5.90. The minimum atomic E-state index is -4.65. The summed E-state index contributed by atoms with van der Waals surface area (Å²) in [5.41, 5.74) is 1.11. The number of nitrogens with one attached hydrogen (secondary N) is 2. The number of halogens is 3. The number of carbonyl (C=O) groups is 1. The Kier molecular flexibility index (Phi) is 4.81. The van der Waals surface area contributed by atoms with Crippen LogP contribution in [-0.4, -0.2) is 27.7 Å². The van der Waals surface area contributed by atoms with E-state index in [1.54, 1.807) is 17.2 Å². The lowest BCUT2D eigenvalue weighted by Crippen LogP contribution is -2.21. The van der Waals surface area contributed by atoms with Gasteiger partial charge in [0.15, 0.2) is 6.61 Å². The van der Waals surface area contributed by atoms with Crippen molar-refractivity contribution in [3.63, 3.8) is 0 Å². The van der Waals surface area contributed by atoms with E-state index >= 15 is 0 Å². The summed E-state index contributed by atoms with van der Waals surface area (Å²) in [5.74, 6) is -1.93. The monoisotopic (exact) mass is 342 g/mol. The van der Waals surface area contributed by atoms with Crippen LogP contribution in [0.5, 0.6) is 5.75 Å². The Bertz CT molecular complexity index is 703. The van der Waals surface area contributed by atoms with Gasteiger partial charge in [-0.3, -0.25) is 15.2 Å². The van der Waals surface area contributed by atoms with Crippen molar-refractivity contribution in [3.8, 4) is 5.75 Å². The standard InChI is InChI=1S/C15H17F3N4O2/c1-14(2,3)9-4-6-10(7-5-9)24-8-11(23)19-13-20-12(21-22-13)15(16,17)18/h4-7H,8H2,1-3H3,(H2,19,20,21,22,23). The van der Waals surface area contributed by atoms with Gasteiger partial charge in [0.2, 0.25) is 11.8 Å². The Morgan fingerprint density at radius 2 is 1.83 bits per heavy atom. The van der Waals surface area contributed by atoms with Crippen LogP contribution in [-0.2, 0) is 16.4 Å². The predicted octanol–water partition coefficient (Wildman–Crippen LogP) is 3.14. The first-order valence-electron chi connectivity index (χ1n) is 7.08. The smallest absolute Gasteiger partial charge is 0.451 e. The van der Waals surface area contributed by atoms with Gasteiger partial charge in [-0.05, 0) is 23.1 Å². The van der Waals surface area contributed by atoms with Crippen LogP contribution in [0.25, 0.3) is 0 Å². The summed E-state index contributed by atoms with van der Waals surface area (Å²) in [7, 11) is 0. The molecule has 0 unspecified atom stereocenters. The van der Waals surface area contributed by atoms with Crippen LogP contribution in [0.3, 0.4) is 0 Å². The fourth-order valence-corrected chi connectivity index (χ4v) is 1.81. The van der Waals surface area contributed by atoms with Gasteiger partial charge in [-0.1, -0.05) is 32.9 Å². The van der Waals surface area contributed by atoms with Crippen LogP contribution >= 0.6 is 0 Å². The van der Waals surface area contributed by atoms with E-state index in [1.165, 1.54) is 0 Å². The second kappa shape index (κ2) is 6.50. The van der Waals surface area contributed by atoms with Crippen LogP contribution in [0.1, 0.15) is 32.2 Å². The predicted molar refractivity (Wildman–Crippen MR) is 80.7 cm³/mol. The lowest BCUT2D eigenvalue weighted by molar-refractivity contribution is -0.144. The highest BCUT2D eigenvalue weighted by Gasteiger charge is 2.35. The van der Waals surface area contributed by atoms with Gasteiger partial charge in [0, 0.05) is 0 Å². The number of amides is 1. The number of carbonyl (C=O) groups excluding carboxylic acids is 1. The molecule has 130 valence electrons. The molecule has 9 heteroatoms. The van der Waals surface area contributed by atoms with E-state index < -0.39 is 23.9 Å². The third kappa shape index (κ3) is 4.71. The molecule has 1 amide bonds. The third-order valence-corrected chi connectivity index (χ3v) is 3.10. The molecule has 0 aliphatic carbocycles. The quantitative estimate of drug-likeness (QED) is 0.895. The summed E-state index contributed by atoms with van der Waals surface area (Å²) in [6, 6.07) is 7.22. The van der Waals surface area contributed by atoms with Gasteiger partial charge < -0.3 is 4.74 Å². The normalized spacial score (nSPS) is 12.1. The highest BCUT2D eigenvalue weighted by atomic mass is 19.4. The van der Waals surface area contributed by atoms with Crippen molar-refractivity contribution in [2.24, 2.45) is 0 Å². The molecule has 0 aliphatic heterocycles. The molecule has 2 N–H and O–H groups in total. The molecule has 6 nitrogen and oxygen atoms in total. The lowest BCUT2D eigenvalue weighted by atomic mass is 9.87. The molecular formula is C15H17F3N4O2. The average Bonchev–Trinajstić information content (AvgIpc) is 2.93. The van der Waals surface area contributed by atoms with Crippen molar-refractivity contribution in [3.05, 3.63) is 35.7 Å². The van der Waals surface area contributed by atoms with E-state index in [0.717, 1.165) is 5.56 Å². The van der Waals surface area contributed by atoms with E-state index in [9.17, 15) is 18.0 Å². The SMILES string of the molecule is CC(C)(C)c1ccc(OCC(=O)Nc2n[nH]c(C(F)(F)F)n2)cc1. The van der Waals surface area contributed by atoms with Crippen LogP contribution in [0.4, 0.5) is 19.1 Å². The summed E-state index contributed by atoms with van der Waals surface area (Å²) >= 11 is 0. The van der Waals surface area contributed by atoms with Gasteiger partial charge in [-0.2, -0.15) is 18.2 Å². The minimum Gasteiger partial charge on any atom is -0.484 e. The zero-order valence-corrected chi connectivity index (χ0v) is 13.4. The average molecular weight is 342 g/mol. The largest absolute Gasteiger partial charge is 0.484 e. The molecule has 1 aromatic heterocycles. The number of anilines is 1. The van der Waals surface area contributed by atoms with Gasteiger partial charge >= 0.3 is 6.18 Å². The van der Waals surface area contributed by atoms with Crippen LogP contribution < -0.4 is 10.1 Å². The molecule has 0 saturated heterocycles. The maximum absolute atomic E-state index is 12.4. The second-order valence-electron chi connectivity index (χ2n) is 6.12. The van der Waals surface area contributed by atoms with E-state index in [0.29, 0.717) is 5.75 Å². The summed E-state index contributed by atoms with van der Waals surface area (Å²) < 4.78 is 42.3. The fourth-order valence-electron chi connectivity index (χ4n) is 1.81. The van der Waals surface area contributed by atoms with Gasteiger partial charge in [-0.25, -0.2) is 0 Å². The number of benzene rings is 1. The Balaban J connectivity index is 1.88. The molecule has 0 spiro atoms. The van der Waals surface area contributed by atoms with Gasteiger partial charge in [0.1, 0.15) is 5.75 Å². The van der Waals surface area contributed by atoms with Crippen molar-refractivity contribution in [2.45, 2.75) is 32.4 Å². The number of ether oxygens (including phenoxy) is 1. The molecule has 24 heavy (non-hydrogen) atoms. The van der Waals surface area contributed by atoms with Gasteiger partial charge in [0.25, 0.3) is 5.91 Å². The van der Waals surface area contributed by atoms with Crippen molar-refractivity contribution >= 4 is 11.9 Å². The number of hydrogen-bond donors (Lipinski definition) is 2. The summed E-state index contributed by atoms with van der Waals surface area (Å²) in [6.45, 7) is 5.85. The Morgan fingerprint density at radius 1 is 1.21 bits per heavy atom. The first kappa shape index (κ1) is 17.8. The number of aromatic amines is 1. The number of H-pyrrole nitrogens is 1. The van der Waals surface area contributed by atoms with Crippen molar-refractivity contribution in [1.82, 2.24) is 15.2 Å². The van der Waals surface area contributed by atoms with Crippen LogP contribution in [0.15, 0.2) is 24.3 Å². The first-order chi connectivity index (χ1) is 11.1. The molecule has 1 aromatic carbocycles. The molecule has 0 atom stereocenters. The maximum Gasteiger partial charge on any atom is 0.451 e. The maximum atomic E-state index is 12.4. The van der Waals surface area contributed by atoms with Crippen LogP contribution in [0.2, 0.25) is 0 Å². The number of alkyl halides is 3. The third-order valence-electron chi connectivity index (χ3n) is 3.10. The van der Waals surface area contributed by atoms with Crippen molar-refractivity contribution < 1.29 is 22.7 Å². The first-order valence-corrected chi connectivity index (χ1v) is 7.08. The number of rotatable bonds is 4. The zero-order chi connectivity index (χ0) is 18.0. The lowest BCUT2D eigenvalue weighted by Gasteiger charge is -2.19. The summed E-state index contributed by atoms with van der Waals surface area (Å²) in [4.78, 5) is 14.8. The second-order valence-corrected chi connectivity index (χ2v) is 6.12. The topological polar surface area (TPSA) is 79.9 Å². The van der Waals surface area contributed by atoms with E-state index in [-0.39, 0.29) is 12.0 Å². The molecule has 0 saturated carbocycles. The fraction of sp³-hybridized carbons (Fsp3) is 0.400. The van der Waals surface area contributed by atoms with Crippen LogP contribution in [0, 0.1) is 0 Å². The highest BCUT2D eigenvalue weighted by Crippen LogP contribution is 2.26. The van der Waals surface area contributed by atoms with Crippen molar-refractivity contribution in [2.75, 3.05) is 11.9 Å². The minimum absolute atomic E-state index is 0.00226. The molecule has 2 aromatic rings. The van der Waals surface area contributed by atoms with Gasteiger partial charge in [0.05, 0.1) is 0 Å². The molecule has 2 rings (SSSR count). The van der Waals surface area contributed by atoms with E-state index in [1.807, 2.05) is 12.1 Å². The molecule has 0 bridgehead atoms. The molecular weight excluding hydrogens is 325 g/mol. The molecule has 0 fully saturated rings. The Morgan fingerprint density at radius 3 is 2.33 bits per heavy atom. The molecule has 1 heterocycles. The molecule has 0 aliphatic rings. The van der Waals surface area contributed by atoms with Crippen molar-refractivity contribution in [1.29, 1.82) is 0 Å². The van der Waals surface area contributed by atoms with E-state index in [2.05, 4.69) is 36.2 Å². The van der Waals surface area contributed by atoms with E-state index in [4.69, 9.17) is 4.74 Å². The van der Waals surface area contributed by atoms with Gasteiger partial charge in [-0.15, -0.1) is 5.10 Å². The Labute approximate surface area is 136 Å². The number of aromatic nitrogens is 3. The number of nitrogens with zero attached hydrogens (tertiary/aromatic N) is 2. The zero-order valence-electron chi connectivity index (χ0n) is 13.4. The molecule has 0 radical (unpaired) electrons. The number of hydrogen-bond acceptors (Lipinski definition) is 4. The Hall–Kier alpha value is -2.58.